The molecule has 4 aromatic rings. The maximum absolute atomic E-state index is 14.1. The van der Waals surface area contributed by atoms with Gasteiger partial charge in [0.25, 0.3) is 0 Å². The summed E-state index contributed by atoms with van der Waals surface area (Å²) in [6, 6.07) is 18.3. The number of nitrogens with one attached hydrogen (secondary N) is 6. The van der Waals surface area contributed by atoms with Crippen LogP contribution in [0.2, 0.25) is 0 Å². The molecule has 0 spiro atoms. The Bertz CT molecular complexity index is 3010. The van der Waals surface area contributed by atoms with Crippen molar-refractivity contribution in [2.75, 3.05) is 35.6 Å². The van der Waals surface area contributed by atoms with E-state index in [-0.39, 0.29) is 19.6 Å². The molecule has 522 valence electrons. The van der Waals surface area contributed by atoms with Crippen LogP contribution in [0.15, 0.2) is 87.2 Å². The molecule has 1 heterocycles. The number of nitrogens with zero attached hydrogens (tertiary/aromatic N) is 3. The van der Waals surface area contributed by atoms with Crippen LogP contribution in [0.3, 0.4) is 0 Å². The van der Waals surface area contributed by atoms with Crippen LogP contribution in [0.1, 0.15) is 202 Å². The van der Waals surface area contributed by atoms with Gasteiger partial charge in [-0.3, -0.25) is 40.8 Å². The number of amides is 6. The minimum atomic E-state index is -3.80. The Morgan fingerprint density at radius 2 is 0.538 bits per heavy atom. The topological polar surface area (TPSA) is 296 Å². The number of urea groups is 3. The lowest BCUT2D eigenvalue weighted by Gasteiger charge is -2.32. The maximum atomic E-state index is 14.1. The summed E-state index contributed by atoms with van der Waals surface area (Å²) in [5, 5.41) is 17.8. The van der Waals surface area contributed by atoms with Crippen LogP contribution in [0.5, 0.6) is 0 Å². The monoisotopic (exact) mass is 1360 g/mol. The van der Waals surface area contributed by atoms with Gasteiger partial charge in [0, 0.05) is 56.3 Å². The van der Waals surface area contributed by atoms with E-state index in [4.69, 9.17) is 27.1 Å². The Morgan fingerprint density at radius 1 is 0.333 bits per heavy atom. The molecule has 0 atom stereocenters. The molecule has 3 aromatic carbocycles. The third-order valence-corrected chi connectivity index (χ3v) is 20.3. The van der Waals surface area contributed by atoms with E-state index in [1.165, 1.54) is 0 Å². The summed E-state index contributed by atoms with van der Waals surface area (Å²) in [6.07, 6.45) is 6.98. The van der Waals surface area contributed by atoms with Gasteiger partial charge < -0.3 is 31.9 Å². The average molecular weight is 1360 g/mol. The van der Waals surface area contributed by atoms with Crippen LogP contribution in [-0.4, -0.2) is 85.0 Å². The molecule has 93 heavy (non-hydrogen) atoms. The molecule has 24 nitrogen and oxygen atoms in total. The number of hydrogen-bond acceptors (Lipinski definition) is 15. The van der Waals surface area contributed by atoms with E-state index < -0.39 is 91.6 Å². The SMILES string of the molecule is CC(C)(C)OP(=O)(OC(C)(C)C)c1cccc(NC(=O)NCCCCCCn2c(=O)n(CCCCCCNC(=O)Nc3cccc(P(=O)(OC(C)(C)C)OC(C)(C)C)c3)c(=O)n(CCCCCCNC(=O)Nc3cccc(P(=O)(OC(C)(C)C)OC(C)(C)C)c3)c2=O)c1. The quantitative estimate of drug-likeness (QED) is 0.0191. The molecule has 0 aliphatic carbocycles. The second-order valence-electron chi connectivity index (χ2n) is 29.1. The molecule has 0 aliphatic heterocycles. The van der Waals surface area contributed by atoms with E-state index >= 15 is 0 Å². The normalized spacial score (nSPS) is 13.0. The van der Waals surface area contributed by atoms with Crippen LogP contribution in [0.25, 0.3) is 0 Å². The van der Waals surface area contributed by atoms with Crippen LogP contribution in [0, 0.1) is 0 Å². The zero-order valence-corrected chi connectivity index (χ0v) is 61.1. The summed E-state index contributed by atoms with van der Waals surface area (Å²) in [7, 11) is -11.4. The first-order valence-electron chi connectivity index (χ1n) is 32.3. The van der Waals surface area contributed by atoms with Gasteiger partial charge in [0.1, 0.15) is 0 Å². The van der Waals surface area contributed by atoms with Gasteiger partial charge in [-0.15, -0.1) is 0 Å². The molecule has 0 unspecified atom stereocenters. The highest BCUT2D eigenvalue weighted by Gasteiger charge is 2.40. The predicted molar refractivity (Wildman–Crippen MR) is 372 cm³/mol. The Hall–Kier alpha value is -5.67. The van der Waals surface area contributed by atoms with E-state index in [1.807, 2.05) is 0 Å². The third-order valence-electron chi connectivity index (χ3n) is 12.8. The Labute approximate surface area is 551 Å². The molecule has 0 saturated heterocycles. The van der Waals surface area contributed by atoms with Crippen molar-refractivity contribution < 1.29 is 55.2 Å². The largest absolute Gasteiger partial charge is 0.362 e. The lowest BCUT2D eigenvalue weighted by Crippen LogP contribution is -2.54. The van der Waals surface area contributed by atoms with E-state index in [0.717, 1.165) is 13.7 Å². The number of anilines is 3. The Kier molecular flexibility index (Phi) is 29.4. The van der Waals surface area contributed by atoms with E-state index in [0.29, 0.717) is 130 Å². The number of carbonyl (C=O) groups excluding carboxylic acids is 3. The molecule has 0 saturated carbocycles. The summed E-state index contributed by atoms with van der Waals surface area (Å²) in [6.45, 7) is 33.4. The molecular formula is C66H108N9O15P3. The summed E-state index contributed by atoms with van der Waals surface area (Å²) in [5.41, 5.74) is -5.54. The van der Waals surface area contributed by atoms with Crippen molar-refractivity contribution in [3.8, 4) is 0 Å². The number of aromatic nitrogens is 3. The number of carbonyl (C=O) groups is 3. The fraction of sp³-hybridized carbons (Fsp3) is 0.636. The third kappa shape index (κ3) is 29.5. The van der Waals surface area contributed by atoms with Crippen LogP contribution in [-0.2, 0) is 60.5 Å². The minimum absolute atomic E-state index is 0.0728. The van der Waals surface area contributed by atoms with Gasteiger partial charge in [-0.05, 0) is 218 Å². The smallest absolute Gasteiger partial charge is 0.338 e. The van der Waals surface area contributed by atoms with E-state index in [1.54, 1.807) is 197 Å². The first-order valence-corrected chi connectivity index (χ1v) is 37.0. The van der Waals surface area contributed by atoms with E-state index in [2.05, 4.69) is 31.9 Å². The van der Waals surface area contributed by atoms with Crippen molar-refractivity contribution in [3.05, 3.63) is 104 Å². The lowest BCUT2D eigenvalue weighted by atomic mass is 10.2. The van der Waals surface area contributed by atoms with Gasteiger partial charge in [-0.1, -0.05) is 56.7 Å². The molecular weight excluding hydrogens is 1250 g/mol. The van der Waals surface area contributed by atoms with Crippen molar-refractivity contribution in [1.82, 2.24) is 29.7 Å². The first kappa shape index (κ1) is 79.8. The molecule has 27 heteroatoms. The van der Waals surface area contributed by atoms with Gasteiger partial charge >= 0.3 is 57.9 Å². The minimum Gasteiger partial charge on any atom is -0.338 e. The van der Waals surface area contributed by atoms with Crippen molar-refractivity contribution in [3.63, 3.8) is 0 Å². The fourth-order valence-electron chi connectivity index (χ4n) is 9.43. The summed E-state index contributed by atoms with van der Waals surface area (Å²) in [4.78, 5) is 80.9. The number of rotatable bonds is 33. The second kappa shape index (κ2) is 34.3. The Balaban J connectivity index is 1.35. The van der Waals surface area contributed by atoms with Crippen molar-refractivity contribution in [1.29, 1.82) is 0 Å². The number of unbranched alkanes of at least 4 members (excludes halogenated alkanes) is 9. The van der Waals surface area contributed by atoms with Gasteiger partial charge in [0.05, 0.1) is 49.5 Å². The first-order chi connectivity index (χ1) is 42.9. The van der Waals surface area contributed by atoms with Crippen LogP contribution < -0.4 is 64.9 Å². The van der Waals surface area contributed by atoms with Crippen molar-refractivity contribution >= 4 is 73.9 Å². The molecule has 0 bridgehead atoms. The molecule has 6 amide bonds. The van der Waals surface area contributed by atoms with Crippen molar-refractivity contribution in [2.45, 2.75) is 255 Å². The Morgan fingerprint density at radius 3 is 0.742 bits per heavy atom. The highest BCUT2D eigenvalue weighted by Crippen LogP contribution is 2.56. The summed E-state index contributed by atoms with van der Waals surface area (Å²) in [5.74, 6) is 0. The highest BCUT2D eigenvalue weighted by atomic mass is 31.2. The molecule has 0 radical (unpaired) electrons. The summed E-state index contributed by atoms with van der Waals surface area (Å²) >= 11 is 0. The van der Waals surface area contributed by atoms with Crippen LogP contribution in [0.4, 0.5) is 31.4 Å². The van der Waals surface area contributed by atoms with E-state index in [9.17, 15) is 42.5 Å². The molecule has 1 aromatic heterocycles. The maximum Gasteiger partial charge on any atom is 0.362 e. The van der Waals surface area contributed by atoms with Gasteiger partial charge in [-0.2, -0.15) is 0 Å². The predicted octanol–water partition coefficient (Wildman–Crippen LogP) is 13.7. The molecule has 4 rings (SSSR count). The average Bonchev–Trinajstić information content (AvgIpc) is 0.839. The van der Waals surface area contributed by atoms with Gasteiger partial charge in [0.2, 0.25) is 0 Å². The molecule has 6 N–H and O–H groups in total. The van der Waals surface area contributed by atoms with Gasteiger partial charge in [-0.25, -0.2) is 42.5 Å². The molecule has 0 aliphatic rings. The zero-order chi connectivity index (χ0) is 69.9. The second-order valence-corrected chi connectivity index (χ2v) is 34.7. The number of hydrogen-bond donors (Lipinski definition) is 6. The lowest BCUT2D eigenvalue weighted by molar-refractivity contribution is 0.0533. The van der Waals surface area contributed by atoms with Gasteiger partial charge in [0.15, 0.2) is 0 Å². The standard InChI is InChI=1S/C66H108N9O15P3/c1-61(2,3)85-91(82,86-62(4,5)6)52-37-31-34-49(46-52)70-55(76)67-40-25-19-22-28-43-73-58(79)74(44-29-23-20-26-41-68-56(77)71-50-35-32-38-53(47-50)92(83,87-63(7,8)9)88-64(10,11)12)60(81)75(59(73)80)45-30-24-21-27-42-69-57(78)72-51-36-33-39-54(48-51)93(84,89-65(13,14)15)90-66(16,17)18/h31-39,46-48H,19-30,40-45H2,1-18H3,(H2,67,70,76)(H2,68,71,77)(H2,69,72,78). The number of benzene rings is 3. The summed E-state index contributed by atoms with van der Waals surface area (Å²) < 4.78 is 81.4. The van der Waals surface area contributed by atoms with Crippen LogP contribution >= 0.6 is 22.8 Å². The van der Waals surface area contributed by atoms with Crippen molar-refractivity contribution in [2.24, 2.45) is 0 Å². The highest BCUT2D eigenvalue weighted by molar-refractivity contribution is 7.63. The fourth-order valence-corrected chi connectivity index (χ4v) is 16.2. The zero-order valence-electron chi connectivity index (χ0n) is 58.5. The molecule has 0 fully saturated rings.